The molecule has 0 aliphatic rings. The molecule has 0 saturated carbocycles. The van der Waals surface area contributed by atoms with E-state index in [9.17, 15) is 35.9 Å². The average Bonchev–Trinajstić information content (AvgIpc) is 2.82. The summed E-state index contributed by atoms with van der Waals surface area (Å²) in [6, 6.07) is 9.75. The van der Waals surface area contributed by atoms with E-state index in [-0.39, 0.29) is 11.1 Å². The van der Waals surface area contributed by atoms with Gasteiger partial charge in [0.05, 0.1) is 12.7 Å². The highest BCUT2D eigenvalue weighted by atomic mass is 35.5. The largest absolute Gasteiger partial charge is 0.433 e. The average molecular weight is 520 g/mol. The molecule has 2 aromatic heterocycles. The third-order valence-corrected chi connectivity index (χ3v) is 4.54. The first-order valence-corrected chi connectivity index (χ1v) is 9.80. The zero-order valence-electron chi connectivity index (χ0n) is 18.0. The molecule has 3 aromatic rings. The van der Waals surface area contributed by atoms with Crippen molar-refractivity contribution in [1.29, 1.82) is 0 Å². The quantitative estimate of drug-likeness (QED) is 0.250. The van der Waals surface area contributed by atoms with Gasteiger partial charge in [0.25, 0.3) is 5.91 Å². The third kappa shape index (κ3) is 7.76. The molecule has 0 aliphatic heterocycles. The third-order valence-electron chi connectivity index (χ3n) is 4.28. The minimum atomic E-state index is -4.51. The SMILES string of the molecule is CON(C)C(=O)c1ccc(C(F)(F)F)nc1.O=C(c1ccc(Cl)cc1)c1ccc(C(F)(F)F)nc1. The minimum Gasteiger partial charge on any atom is -0.289 e. The van der Waals surface area contributed by atoms with E-state index >= 15 is 0 Å². The fourth-order valence-electron chi connectivity index (χ4n) is 2.42. The van der Waals surface area contributed by atoms with Crippen LogP contribution < -0.4 is 0 Å². The smallest absolute Gasteiger partial charge is 0.289 e. The summed E-state index contributed by atoms with van der Waals surface area (Å²) in [6.07, 6.45) is -7.24. The monoisotopic (exact) mass is 519 g/mol. The summed E-state index contributed by atoms with van der Waals surface area (Å²) in [5, 5.41) is 1.37. The van der Waals surface area contributed by atoms with Gasteiger partial charge in [0.1, 0.15) is 11.4 Å². The fraction of sp³-hybridized carbons (Fsp3) is 0.182. The van der Waals surface area contributed by atoms with Gasteiger partial charge >= 0.3 is 12.4 Å². The minimum absolute atomic E-state index is 0.0253. The van der Waals surface area contributed by atoms with Crippen LogP contribution in [0.4, 0.5) is 26.3 Å². The molecule has 186 valence electrons. The number of alkyl halides is 6. The van der Waals surface area contributed by atoms with Crippen molar-refractivity contribution in [2.75, 3.05) is 14.2 Å². The van der Waals surface area contributed by atoms with Crippen LogP contribution in [0.2, 0.25) is 5.02 Å². The van der Waals surface area contributed by atoms with E-state index in [1.807, 2.05) is 0 Å². The van der Waals surface area contributed by atoms with Gasteiger partial charge in [-0.15, -0.1) is 0 Å². The lowest BCUT2D eigenvalue weighted by Crippen LogP contribution is -2.25. The van der Waals surface area contributed by atoms with Gasteiger partial charge in [-0.25, -0.2) is 5.06 Å². The van der Waals surface area contributed by atoms with Gasteiger partial charge < -0.3 is 0 Å². The number of hydrogen-bond donors (Lipinski definition) is 0. The number of pyridine rings is 2. The van der Waals surface area contributed by atoms with E-state index in [4.69, 9.17) is 11.6 Å². The lowest BCUT2D eigenvalue weighted by Gasteiger charge is -2.13. The summed E-state index contributed by atoms with van der Waals surface area (Å²) >= 11 is 5.68. The second-order valence-electron chi connectivity index (χ2n) is 6.68. The number of benzene rings is 1. The van der Waals surface area contributed by atoms with E-state index < -0.39 is 35.4 Å². The summed E-state index contributed by atoms with van der Waals surface area (Å²) in [5.41, 5.74) is -1.61. The fourth-order valence-corrected chi connectivity index (χ4v) is 2.54. The number of rotatable bonds is 4. The molecule has 0 spiro atoms. The maximum absolute atomic E-state index is 12.3. The van der Waals surface area contributed by atoms with Crippen molar-refractivity contribution >= 4 is 23.3 Å². The number of aromatic nitrogens is 2. The summed E-state index contributed by atoms with van der Waals surface area (Å²) in [4.78, 5) is 34.4. The molecule has 0 saturated heterocycles. The van der Waals surface area contributed by atoms with Crippen LogP contribution in [0.25, 0.3) is 0 Å². The van der Waals surface area contributed by atoms with Crippen LogP contribution in [0.3, 0.4) is 0 Å². The number of carbonyl (C=O) groups excluding carboxylic acids is 2. The van der Waals surface area contributed by atoms with Crippen molar-refractivity contribution in [3.8, 4) is 0 Å². The summed E-state index contributed by atoms with van der Waals surface area (Å²) in [6.45, 7) is 0. The summed E-state index contributed by atoms with van der Waals surface area (Å²) in [5.74, 6) is -0.971. The van der Waals surface area contributed by atoms with Crippen LogP contribution in [-0.2, 0) is 17.2 Å². The molecule has 3 rings (SSSR count). The highest BCUT2D eigenvalue weighted by Gasteiger charge is 2.33. The Balaban J connectivity index is 0.000000251. The molecular weight excluding hydrogens is 504 g/mol. The molecular formula is C22H16ClF6N3O3. The van der Waals surface area contributed by atoms with Crippen molar-refractivity contribution in [2.24, 2.45) is 0 Å². The molecule has 0 atom stereocenters. The molecule has 35 heavy (non-hydrogen) atoms. The van der Waals surface area contributed by atoms with Crippen LogP contribution in [0.5, 0.6) is 0 Å². The lowest BCUT2D eigenvalue weighted by molar-refractivity contribution is -0.142. The van der Waals surface area contributed by atoms with Crippen molar-refractivity contribution in [1.82, 2.24) is 15.0 Å². The predicted molar refractivity (Wildman–Crippen MR) is 112 cm³/mol. The molecule has 0 unspecified atom stereocenters. The van der Waals surface area contributed by atoms with Crippen LogP contribution in [0.1, 0.15) is 37.7 Å². The molecule has 1 aromatic carbocycles. The van der Waals surface area contributed by atoms with E-state index in [1.54, 1.807) is 0 Å². The van der Waals surface area contributed by atoms with E-state index in [0.29, 0.717) is 10.6 Å². The Kier molecular flexibility index (Phi) is 8.94. The van der Waals surface area contributed by atoms with Gasteiger partial charge in [-0.05, 0) is 48.5 Å². The zero-order valence-corrected chi connectivity index (χ0v) is 18.7. The van der Waals surface area contributed by atoms with Crippen molar-refractivity contribution in [2.45, 2.75) is 12.4 Å². The number of ketones is 1. The van der Waals surface area contributed by atoms with Gasteiger partial charge in [-0.1, -0.05) is 11.6 Å². The summed E-state index contributed by atoms with van der Waals surface area (Å²) < 4.78 is 73.5. The highest BCUT2D eigenvalue weighted by Crippen LogP contribution is 2.28. The van der Waals surface area contributed by atoms with Crippen molar-refractivity contribution in [3.63, 3.8) is 0 Å². The van der Waals surface area contributed by atoms with E-state index in [1.165, 1.54) is 38.4 Å². The number of nitrogens with zero attached hydrogens (tertiary/aromatic N) is 3. The molecule has 0 N–H and O–H groups in total. The standard InChI is InChI=1S/C13H7ClF3NO.C9H9F3N2O2/c14-10-4-1-8(2-5-10)12(19)9-3-6-11(18-7-9)13(15,16)17;1-14(16-2)8(15)6-3-4-7(13-5-6)9(10,11)12/h1-7H;3-5H,1-2H3. The van der Waals surface area contributed by atoms with Crippen molar-refractivity contribution in [3.05, 3.63) is 94.0 Å². The van der Waals surface area contributed by atoms with E-state index in [0.717, 1.165) is 41.7 Å². The zero-order chi connectivity index (χ0) is 26.4. The molecule has 13 heteroatoms. The van der Waals surface area contributed by atoms with Crippen LogP contribution >= 0.6 is 11.6 Å². The number of halogens is 7. The first-order chi connectivity index (χ1) is 16.2. The number of carbonyl (C=O) groups is 2. The molecule has 0 radical (unpaired) electrons. The van der Waals surface area contributed by atoms with Crippen LogP contribution in [0, 0.1) is 0 Å². The van der Waals surface area contributed by atoms with Gasteiger partial charge in [0.2, 0.25) is 0 Å². The Bertz CT molecular complexity index is 1150. The Hall–Kier alpha value is -3.51. The second kappa shape index (κ2) is 11.3. The summed E-state index contributed by atoms with van der Waals surface area (Å²) in [7, 11) is 2.62. The van der Waals surface area contributed by atoms with Gasteiger partial charge in [0.15, 0.2) is 5.78 Å². The Morgan fingerprint density at radius 3 is 1.57 bits per heavy atom. The molecule has 0 aliphatic carbocycles. The molecule has 6 nitrogen and oxygen atoms in total. The Morgan fingerprint density at radius 1 is 0.771 bits per heavy atom. The van der Waals surface area contributed by atoms with Crippen LogP contribution in [-0.4, -0.2) is 40.9 Å². The Labute approximate surface area is 200 Å². The molecule has 0 bridgehead atoms. The first kappa shape index (κ1) is 27.7. The van der Waals surface area contributed by atoms with Crippen molar-refractivity contribution < 1.29 is 40.8 Å². The maximum Gasteiger partial charge on any atom is 0.433 e. The topological polar surface area (TPSA) is 72.4 Å². The number of hydrogen-bond acceptors (Lipinski definition) is 5. The number of amides is 1. The number of hydroxylamine groups is 2. The predicted octanol–water partition coefficient (Wildman–Crippen LogP) is 5.72. The molecule has 2 heterocycles. The van der Waals surface area contributed by atoms with Gasteiger partial charge in [0, 0.05) is 35.6 Å². The maximum atomic E-state index is 12.3. The first-order valence-electron chi connectivity index (χ1n) is 9.43. The van der Waals surface area contributed by atoms with Crippen LogP contribution in [0.15, 0.2) is 60.9 Å². The normalized spacial score (nSPS) is 11.3. The lowest BCUT2D eigenvalue weighted by atomic mass is 10.1. The highest BCUT2D eigenvalue weighted by molar-refractivity contribution is 6.30. The molecule has 1 amide bonds. The molecule has 0 fully saturated rings. The van der Waals surface area contributed by atoms with Gasteiger partial charge in [-0.2, -0.15) is 26.3 Å². The second-order valence-corrected chi connectivity index (χ2v) is 7.12. The Morgan fingerprint density at radius 2 is 1.20 bits per heavy atom. The van der Waals surface area contributed by atoms with E-state index in [2.05, 4.69) is 14.8 Å². The van der Waals surface area contributed by atoms with Gasteiger partial charge in [-0.3, -0.25) is 24.4 Å².